The fraction of sp³-hybridized carbons (Fsp3) is 0.267. The summed E-state index contributed by atoms with van der Waals surface area (Å²) < 4.78 is 5.60. The molecule has 0 aliphatic rings. The molecule has 0 radical (unpaired) electrons. The lowest BCUT2D eigenvalue weighted by molar-refractivity contribution is 0.0827. The van der Waals surface area contributed by atoms with Crippen molar-refractivity contribution < 1.29 is 9.53 Å². The van der Waals surface area contributed by atoms with Crippen LogP contribution in [0.15, 0.2) is 36.7 Å². The van der Waals surface area contributed by atoms with Crippen LogP contribution in [0.4, 0.5) is 0 Å². The van der Waals surface area contributed by atoms with E-state index in [1.165, 1.54) is 11.2 Å². The predicted octanol–water partition coefficient (Wildman–Crippen LogP) is 1.22. The van der Waals surface area contributed by atoms with Crippen LogP contribution in [-0.2, 0) is 13.2 Å². The number of carbonyl (C=O) groups is 1. The van der Waals surface area contributed by atoms with Gasteiger partial charge in [-0.3, -0.25) is 4.79 Å². The predicted molar refractivity (Wildman–Crippen MR) is 78.7 cm³/mol. The van der Waals surface area contributed by atoms with Gasteiger partial charge in [-0.2, -0.15) is 0 Å². The van der Waals surface area contributed by atoms with Gasteiger partial charge in [-0.05, 0) is 17.7 Å². The third-order valence-electron chi connectivity index (χ3n) is 2.87. The van der Waals surface area contributed by atoms with Gasteiger partial charge in [0.15, 0.2) is 0 Å². The Bertz CT molecular complexity index is 629. The molecule has 0 unspecified atom stereocenters. The minimum atomic E-state index is -0.0377. The van der Waals surface area contributed by atoms with E-state index in [2.05, 4.69) is 9.97 Å². The van der Waals surface area contributed by atoms with E-state index in [1.54, 1.807) is 26.2 Å². The summed E-state index contributed by atoms with van der Waals surface area (Å²) in [5.74, 6) is 0.430. The Kier molecular flexibility index (Phi) is 4.84. The average molecular weight is 286 g/mol. The summed E-state index contributed by atoms with van der Waals surface area (Å²) in [5, 5.41) is 0. The largest absolute Gasteiger partial charge is 0.473 e. The van der Waals surface area contributed by atoms with Crippen molar-refractivity contribution >= 4 is 5.91 Å². The molecule has 6 nitrogen and oxygen atoms in total. The number of rotatable bonds is 5. The highest BCUT2D eigenvalue weighted by atomic mass is 16.5. The van der Waals surface area contributed by atoms with Gasteiger partial charge >= 0.3 is 0 Å². The fourth-order valence-corrected chi connectivity index (χ4v) is 1.78. The molecule has 0 fully saturated rings. The summed E-state index contributed by atoms with van der Waals surface area (Å²) in [7, 11) is 3.45. The van der Waals surface area contributed by atoms with Crippen LogP contribution in [0, 0.1) is 0 Å². The third-order valence-corrected chi connectivity index (χ3v) is 2.87. The molecule has 2 N–H and O–H groups in total. The molecule has 110 valence electrons. The maximum atomic E-state index is 11.9. The molecule has 0 atom stereocenters. The standard InChI is InChI=1S/C15H18N4O2/c1-19(2)15(20)12-5-3-4-11(6-12)9-21-14-7-13(8-16)17-10-18-14/h3-7,10H,8-9,16H2,1-2H3. The van der Waals surface area contributed by atoms with Crippen molar-refractivity contribution in [3.8, 4) is 5.88 Å². The monoisotopic (exact) mass is 286 g/mol. The second-order valence-corrected chi connectivity index (χ2v) is 4.74. The van der Waals surface area contributed by atoms with Crippen LogP contribution in [-0.4, -0.2) is 34.9 Å². The second-order valence-electron chi connectivity index (χ2n) is 4.74. The van der Waals surface area contributed by atoms with Crippen LogP contribution in [0.3, 0.4) is 0 Å². The number of aromatic nitrogens is 2. The van der Waals surface area contributed by atoms with E-state index in [9.17, 15) is 4.79 Å². The molecule has 2 aromatic rings. The van der Waals surface area contributed by atoms with E-state index >= 15 is 0 Å². The first-order valence-electron chi connectivity index (χ1n) is 6.54. The van der Waals surface area contributed by atoms with Gasteiger partial charge in [0.1, 0.15) is 12.9 Å². The molecule has 0 saturated carbocycles. The Labute approximate surface area is 123 Å². The van der Waals surface area contributed by atoms with Crippen LogP contribution in [0.2, 0.25) is 0 Å². The van der Waals surface area contributed by atoms with Crippen molar-refractivity contribution in [2.24, 2.45) is 5.73 Å². The van der Waals surface area contributed by atoms with Gasteiger partial charge in [-0.1, -0.05) is 12.1 Å². The van der Waals surface area contributed by atoms with E-state index in [-0.39, 0.29) is 5.91 Å². The summed E-state index contributed by atoms with van der Waals surface area (Å²) in [5.41, 5.74) is 7.77. The first-order valence-corrected chi connectivity index (χ1v) is 6.54. The molecule has 0 aliphatic carbocycles. The van der Waals surface area contributed by atoms with Crippen molar-refractivity contribution in [2.45, 2.75) is 13.2 Å². The van der Waals surface area contributed by atoms with E-state index < -0.39 is 0 Å². The van der Waals surface area contributed by atoms with E-state index in [1.807, 2.05) is 18.2 Å². The number of ether oxygens (including phenoxy) is 1. The number of carbonyl (C=O) groups excluding carboxylic acids is 1. The zero-order valence-electron chi connectivity index (χ0n) is 12.1. The zero-order chi connectivity index (χ0) is 15.2. The number of nitrogens with zero attached hydrogens (tertiary/aromatic N) is 3. The van der Waals surface area contributed by atoms with Gasteiger partial charge in [0.25, 0.3) is 5.91 Å². The Hall–Kier alpha value is -2.47. The van der Waals surface area contributed by atoms with Gasteiger partial charge in [0, 0.05) is 32.3 Å². The highest BCUT2D eigenvalue weighted by Crippen LogP contribution is 2.12. The molecule has 0 saturated heterocycles. The SMILES string of the molecule is CN(C)C(=O)c1cccc(COc2cc(CN)ncn2)c1. The molecular formula is C15H18N4O2. The molecule has 1 aromatic carbocycles. The third kappa shape index (κ3) is 4.00. The molecule has 1 aromatic heterocycles. The number of nitrogens with two attached hydrogens (primary N) is 1. The highest BCUT2D eigenvalue weighted by molar-refractivity contribution is 5.94. The van der Waals surface area contributed by atoms with Crippen LogP contribution < -0.4 is 10.5 Å². The first kappa shape index (κ1) is 14.9. The smallest absolute Gasteiger partial charge is 0.253 e. The van der Waals surface area contributed by atoms with Crippen LogP contribution in [0.5, 0.6) is 5.88 Å². The van der Waals surface area contributed by atoms with Crippen LogP contribution >= 0.6 is 0 Å². The van der Waals surface area contributed by atoms with E-state index in [0.29, 0.717) is 24.6 Å². The lowest BCUT2D eigenvalue weighted by Crippen LogP contribution is -2.21. The number of benzene rings is 1. The van der Waals surface area contributed by atoms with Gasteiger partial charge in [-0.25, -0.2) is 9.97 Å². The van der Waals surface area contributed by atoms with Crippen LogP contribution in [0.1, 0.15) is 21.6 Å². The molecule has 2 rings (SSSR count). The molecule has 0 spiro atoms. The molecule has 1 amide bonds. The summed E-state index contributed by atoms with van der Waals surface area (Å²) in [6.07, 6.45) is 1.42. The first-order chi connectivity index (χ1) is 10.1. The minimum absolute atomic E-state index is 0.0377. The Morgan fingerprint density at radius 2 is 2.10 bits per heavy atom. The van der Waals surface area contributed by atoms with Gasteiger partial charge < -0.3 is 15.4 Å². The summed E-state index contributed by atoms with van der Waals surface area (Å²) in [6.45, 7) is 0.668. The molecule has 1 heterocycles. The number of hydrogen-bond acceptors (Lipinski definition) is 5. The van der Waals surface area contributed by atoms with Gasteiger partial charge in [0.2, 0.25) is 5.88 Å². The normalized spacial score (nSPS) is 10.2. The van der Waals surface area contributed by atoms with Crippen molar-refractivity contribution in [2.75, 3.05) is 14.1 Å². The topological polar surface area (TPSA) is 81.3 Å². The van der Waals surface area contributed by atoms with Crippen LogP contribution in [0.25, 0.3) is 0 Å². The zero-order valence-corrected chi connectivity index (χ0v) is 12.1. The maximum absolute atomic E-state index is 11.9. The minimum Gasteiger partial charge on any atom is -0.473 e. The van der Waals surface area contributed by atoms with E-state index in [0.717, 1.165) is 11.3 Å². The molecule has 21 heavy (non-hydrogen) atoms. The lowest BCUT2D eigenvalue weighted by atomic mass is 10.1. The summed E-state index contributed by atoms with van der Waals surface area (Å²) >= 11 is 0. The fourth-order valence-electron chi connectivity index (χ4n) is 1.78. The molecule has 6 heteroatoms. The van der Waals surface area contributed by atoms with Gasteiger partial charge in [-0.15, -0.1) is 0 Å². The summed E-state index contributed by atoms with van der Waals surface area (Å²) in [4.78, 5) is 21.5. The van der Waals surface area contributed by atoms with Crippen molar-refractivity contribution in [3.63, 3.8) is 0 Å². The molecular weight excluding hydrogens is 268 g/mol. The number of amides is 1. The maximum Gasteiger partial charge on any atom is 0.253 e. The van der Waals surface area contributed by atoms with Gasteiger partial charge in [0.05, 0.1) is 5.69 Å². The van der Waals surface area contributed by atoms with Crippen molar-refractivity contribution in [1.82, 2.24) is 14.9 Å². The highest BCUT2D eigenvalue weighted by Gasteiger charge is 2.08. The van der Waals surface area contributed by atoms with Crippen molar-refractivity contribution in [1.29, 1.82) is 0 Å². The Morgan fingerprint density at radius 1 is 1.29 bits per heavy atom. The lowest BCUT2D eigenvalue weighted by Gasteiger charge is -2.11. The van der Waals surface area contributed by atoms with Crippen molar-refractivity contribution in [3.05, 3.63) is 53.5 Å². The Morgan fingerprint density at radius 3 is 2.81 bits per heavy atom. The molecule has 0 aliphatic heterocycles. The summed E-state index contributed by atoms with van der Waals surface area (Å²) in [6, 6.07) is 9.03. The second kappa shape index (κ2) is 6.81. The molecule has 0 bridgehead atoms. The Balaban J connectivity index is 2.06. The quantitative estimate of drug-likeness (QED) is 0.893. The number of hydrogen-bond donors (Lipinski definition) is 1. The average Bonchev–Trinajstić information content (AvgIpc) is 2.52. The van der Waals surface area contributed by atoms with E-state index in [4.69, 9.17) is 10.5 Å².